The molecule has 7 heteroatoms. The predicted molar refractivity (Wildman–Crippen MR) is 116 cm³/mol. The Labute approximate surface area is 177 Å². The Morgan fingerprint density at radius 2 is 1.70 bits per heavy atom. The van der Waals surface area contributed by atoms with Gasteiger partial charge in [0.2, 0.25) is 5.91 Å². The standard InChI is InChI=1S/C23H28N4O3/c1-4-5-6-17-7-9-18(10-8-17)14-23(28)25-22-15-24-27(26-22)16-19-11-12-20(29-2)21(13-19)30-3/h7-13,15H,4-6,14,16H2,1-3H3,(H,25,26,28). The summed E-state index contributed by atoms with van der Waals surface area (Å²) in [5, 5.41) is 11.4. The minimum atomic E-state index is -0.116. The van der Waals surface area contributed by atoms with Crippen molar-refractivity contribution in [3.8, 4) is 11.5 Å². The molecule has 1 heterocycles. The molecule has 0 aliphatic rings. The summed E-state index contributed by atoms with van der Waals surface area (Å²) in [6.45, 7) is 2.64. The van der Waals surface area contributed by atoms with Crippen LogP contribution in [-0.4, -0.2) is 35.1 Å². The second kappa shape index (κ2) is 10.4. The molecule has 3 aromatic rings. The number of methoxy groups -OCH3 is 2. The molecular formula is C23H28N4O3. The van der Waals surface area contributed by atoms with Crippen molar-refractivity contribution in [2.45, 2.75) is 39.2 Å². The topological polar surface area (TPSA) is 78.3 Å². The van der Waals surface area contributed by atoms with Crippen LogP contribution in [0.2, 0.25) is 0 Å². The Bertz CT molecular complexity index is 967. The summed E-state index contributed by atoms with van der Waals surface area (Å²) < 4.78 is 10.6. The average Bonchev–Trinajstić information content (AvgIpc) is 3.19. The number of nitrogens with one attached hydrogen (secondary N) is 1. The highest BCUT2D eigenvalue weighted by molar-refractivity contribution is 5.91. The quantitative estimate of drug-likeness (QED) is 0.551. The van der Waals surface area contributed by atoms with Crippen molar-refractivity contribution in [3.63, 3.8) is 0 Å². The number of ether oxygens (including phenoxy) is 2. The van der Waals surface area contributed by atoms with Crippen LogP contribution in [0, 0.1) is 0 Å². The zero-order chi connectivity index (χ0) is 21.3. The number of amides is 1. The predicted octanol–water partition coefficient (Wildman–Crippen LogP) is 3.87. The van der Waals surface area contributed by atoms with Gasteiger partial charge in [0.25, 0.3) is 0 Å². The third-order valence-electron chi connectivity index (χ3n) is 4.78. The number of benzene rings is 2. The molecule has 0 bridgehead atoms. The first kappa shape index (κ1) is 21.4. The lowest BCUT2D eigenvalue weighted by Crippen LogP contribution is -2.15. The summed E-state index contributed by atoms with van der Waals surface area (Å²) in [6.07, 6.45) is 5.28. The van der Waals surface area contributed by atoms with E-state index in [0.717, 1.165) is 17.5 Å². The third kappa shape index (κ3) is 5.83. The van der Waals surface area contributed by atoms with E-state index in [2.05, 4.69) is 34.6 Å². The molecule has 0 spiro atoms. The third-order valence-corrected chi connectivity index (χ3v) is 4.78. The van der Waals surface area contributed by atoms with Crippen LogP contribution < -0.4 is 14.8 Å². The van der Waals surface area contributed by atoms with E-state index in [0.29, 0.717) is 30.3 Å². The fraction of sp³-hybridized carbons (Fsp3) is 0.348. The first-order chi connectivity index (χ1) is 14.6. The number of hydrogen-bond acceptors (Lipinski definition) is 5. The van der Waals surface area contributed by atoms with Gasteiger partial charge in [0.05, 0.1) is 33.4 Å². The van der Waals surface area contributed by atoms with Crippen molar-refractivity contribution in [1.82, 2.24) is 15.0 Å². The van der Waals surface area contributed by atoms with E-state index in [1.807, 2.05) is 30.3 Å². The van der Waals surface area contributed by atoms with Gasteiger partial charge in [-0.3, -0.25) is 4.79 Å². The molecule has 0 aliphatic carbocycles. The SMILES string of the molecule is CCCCc1ccc(CC(=O)Nc2cnn(Cc3ccc(OC)c(OC)c3)n2)cc1. The summed E-state index contributed by atoms with van der Waals surface area (Å²) in [6, 6.07) is 13.9. The van der Waals surface area contributed by atoms with E-state index in [-0.39, 0.29) is 5.91 Å². The van der Waals surface area contributed by atoms with Gasteiger partial charge in [-0.15, -0.1) is 5.10 Å². The van der Waals surface area contributed by atoms with Gasteiger partial charge in [0, 0.05) is 0 Å². The first-order valence-electron chi connectivity index (χ1n) is 10.1. The molecule has 0 radical (unpaired) electrons. The molecule has 0 saturated carbocycles. The van der Waals surface area contributed by atoms with Gasteiger partial charge in [-0.1, -0.05) is 43.7 Å². The van der Waals surface area contributed by atoms with Gasteiger partial charge in [0.1, 0.15) is 0 Å². The number of nitrogens with zero attached hydrogens (tertiary/aromatic N) is 3. The second-order valence-corrected chi connectivity index (χ2v) is 7.09. The number of rotatable bonds is 10. The molecule has 0 fully saturated rings. The van der Waals surface area contributed by atoms with Gasteiger partial charge < -0.3 is 14.8 Å². The second-order valence-electron chi connectivity index (χ2n) is 7.09. The largest absolute Gasteiger partial charge is 0.493 e. The molecule has 158 valence electrons. The zero-order valence-electron chi connectivity index (χ0n) is 17.7. The number of hydrogen-bond donors (Lipinski definition) is 1. The summed E-state index contributed by atoms with van der Waals surface area (Å²) >= 11 is 0. The highest BCUT2D eigenvalue weighted by Gasteiger charge is 2.09. The van der Waals surface area contributed by atoms with Crippen LogP contribution in [0.25, 0.3) is 0 Å². The fourth-order valence-electron chi connectivity index (χ4n) is 3.15. The first-order valence-corrected chi connectivity index (χ1v) is 10.1. The number of unbranched alkanes of at least 4 members (excludes halogenated alkanes) is 1. The van der Waals surface area contributed by atoms with Crippen molar-refractivity contribution < 1.29 is 14.3 Å². The molecule has 1 N–H and O–H groups in total. The normalized spacial score (nSPS) is 10.6. The summed E-state index contributed by atoms with van der Waals surface area (Å²) in [7, 11) is 3.20. The van der Waals surface area contributed by atoms with Crippen LogP contribution in [0.1, 0.15) is 36.5 Å². The maximum Gasteiger partial charge on any atom is 0.230 e. The molecule has 3 rings (SSSR count). The van der Waals surface area contributed by atoms with Gasteiger partial charge >= 0.3 is 0 Å². The minimum Gasteiger partial charge on any atom is -0.493 e. The van der Waals surface area contributed by atoms with Crippen molar-refractivity contribution in [2.75, 3.05) is 19.5 Å². The molecule has 0 saturated heterocycles. The number of anilines is 1. The van der Waals surface area contributed by atoms with Crippen LogP contribution in [0.4, 0.5) is 5.82 Å². The highest BCUT2D eigenvalue weighted by atomic mass is 16.5. The molecule has 0 atom stereocenters. The number of aromatic nitrogens is 3. The lowest BCUT2D eigenvalue weighted by molar-refractivity contribution is -0.115. The highest BCUT2D eigenvalue weighted by Crippen LogP contribution is 2.27. The van der Waals surface area contributed by atoms with Crippen molar-refractivity contribution in [1.29, 1.82) is 0 Å². The number of aryl methyl sites for hydroxylation is 1. The Kier molecular flexibility index (Phi) is 7.43. The average molecular weight is 409 g/mol. The smallest absolute Gasteiger partial charge is 0.230 e. The van der Waals surface area contributed by atoms with E-state index in [4.69, 9.17) is 9.47 Å². The van der Waals surface area contributed by atoms with Crippen LogP contribution in [0.5, 0.6) is 11.5 Å². The van der Waals surface area contributed by atoms with Gasteiger partial charge in [-0.2, -0.15) is 9.90 Å². The van der Waals surface area contributed by atoms with E-state index >= 15 is 0 Å². The Morgan fingerprint density at radius 3 is 2.40 bits per heavy atom. The Balaban J connectivity index is 1.55. The molecule has 2 aromatic carbocycles. The minimum absolute atomic E-state index is 0.116. The van der Waals surface area contributed by atoms with Crippen LogP contribution in [0.15, 0.2) is 48.7 Å². The summed E-state index contributed by atoms with van der Waals surface area (Å²) in [4.78, 5) is 13.9. The Hall–Kier alpha value is -3.35. The van der Waals surface area contributed by atoms with Gasteiger partial charge in [-0.25, -0.2) is 0 Å². The van der Waals surface area contributed by atoms with Crippen molar-refractivity contribution >= 4 is 11.7 Å². The summed E-state index contributed by atoms with van der Waals surface area (Å²) in [5.41, 5.74) is 3.24. The van der Waals surface area contributed by atoms with Crippen molar-refractivity contribution in [3.05, 3.63) is 65.4 Å². The maximum absolute atomic E-state index is 12.3. The fourth-order valence-corrected chi connectivity index (χ4v) is 3.15. The zero-order valence-corrected chi connectivity index (χ0v) is 17.7. The Morgan fingerprint density at radius 1 is 1.00 bits per heavy atom. The van der Waals surface area contributed by atoms with Gasteiger partial charge in [0.15, 0.2) is 17.3 Å². The number of carbonyl (C=O) groups excluding carboxylic acids is 1. The van der Waals surface area contributed by atoms with Crippen LogP contribution >= 0.6 is 0 Å². The molecule has 1 amide bonds. The van der Waals surface area contributed by atoms with E-state index in [1.165, 1.54) is 23.2 Å². The maximum atomic E-state index is 12.3. The van der Waals surface area contributed by atoms with Gasteiger partial charge in [-0.05, 0) is 41.7 Å². The molecule has 7 nitrogen and oxygen atoms in total. The monoisotopic (exact) mass is 408 g/mol. The molecular weight excluding hydrogens is 380 g/mol. The number of carbonyl (C=O) groups is 1. The van der Waals surface area contributed by atoms with Crippen LogP contribution in [0.3, 0.4) is 0 Å². The van der Waals surface area contributed by atoms with E-state index in [9.17, 15) is 4.79 Å². The molecule has 30 heavy (non-hydrogen) atoms. The molecule has 0 unspecified atom stereocenters. The molecule has 1 aromatic heterocycles. The van der Waals surface area contributed by atoms with Crippen molar-refractivity contribution in [2.24, 2.45) is 0 Å². The lowest BCUT2D eigenvalue weighted by atomic mass is 10.0. The van der Waals surface area contributed by atoms with E-state index < -0.39 is 0 Å². The lowest BCUT2D eigenvalue weighted by Gasteiger charge is -2.09. The van der Waals surface area contributed by atoms with E-state index in [1.54, 1.807) is 20.4 Å². The summed E-state index contributed by atoms with van der Waals surface area (Å²) in [5.74, 6) is 1.63. The van der Waals surface area contributed by atoms with Crippen LogP contribution in [-0.2, 0) is 24.2 Å². The molecule has 0 aliphatic heterocycles.